The molecule has 0 radical (unpaired) electrons. The van der Waals surface area contributed by atoms with Crippen molar-refractivity contribution in [3.05, 3.63) is 29.3 Å². The van der Waals surface area contributed by atoms with Crippen molar-refractivity contribution in [2.45, 2.75) is 58.1 Å². The van der Waals surface area contributed by atoms with Gasteiger partial charge in [0.25, 0.3) is 0 Å². The number of guanidine groups is 1. The highest BCUT2D eigenvalue weighted by Crippen LogP contribution is 2.40. The minimum Gasteiger partial charge on any atom is -0.488 e. The number of ether oxygens (including phenoxy) is 3. The third-order valence-electron chi connectivity index (χ3n) is 6.21. The van der Waals surface area contributed by atoms with E-state index in [1.807, 2.05) is 7.05 Å². The molecule has 1 aromatic carbocycles. The number of nitrogens with one attached hydrogen (secondary N) is 2. The number of rotatable bonds is 9. The van der Waals surface area contributed by atoms with E-state index in [2.05, 4.69) is 40.7 Å². The first kappa shape index (κ1) is 21.9. The van der Waals surface area contributed by atoms with Gasteiger partial charge >= 0.3 is 0 Å². The molecule has 0 spiro atoms. The van der Waals surface area contributed by atoms with Gasteiger partial charge in [0.15, 0.2) is 5.96 Å². The molecule has 1 aromatic rings. The molecule has 29 heavy (non-hydrogen) atoms. The van der Waals surface area contributed by atoms with Gasteiger partial charge in [-0.3, -0.25) is 4.99 Å². The summed E-state index contributed by atoms with van der Waals surface area (Å²) >= 11 is 0. The van der Waals surface area contributed by atoms with Crippen molar-refractivity contribution < 1.29 is 14.2 Å². The zero-order chi connectivity index (χ0) is 20.5. The van der Waals surface area contributed by atoms with Crippen LogP contribution in [0.5, 0.6) is 5.75 Å². The maximum Gasteiger partial charge on any atom is 0.191 e. The van der Waals surface area contributed by atoms with Gasteiger partial charge in [0.05, 0.1) is 13.2 Å². The standard InChI is InChI=1S/C23H37N3O3/c1-18-6-7-19(21(14-18)29-20-8-12-28-16-20)15-25-22(24-2)26-17-23(11-13-27-3)9-4-5-10-23/h6-7,14,20H,4-5,8-13,15-17H2,1-3H3,(H2,24,25,26). The Morgan fingerprint density at radius 2 is 2.10 bits per heavy atom. The fraction of sp³-hybridized carbons (Fsp3) is 0.696. The van der Waals surface area contributed by atoms with Crippen LogP contribution in [0.15, 0.2) is 23.2 Å². The molecule has 162 valence electrons. The number of hydrogen-bond donors (Lipinski definition) is 2. The minimum atomic E-state index is 0.149. The Balaban J connectivity index is 1.56. The lowest BCUT2D eigenvalue weighted by atomic mass is 9.83. The smallest absolute Gasteiger partial charge is 0.191 e. The molecule has 2 N–H and O–H groups in total. The second-order valence-electron chi connectivity index (χ2n) is 8.44. The number of methoxy groups -OCH3 is 1. The largest absolute Gasteiger partial charge is 0.488 e. The predicted octanol–water partition coefficient (Wildman–Crippen LogP) is 3.42. The van der Waals surface area contributed by atoms with Crippen LogP contribution in [-0.4, -0.2) is 52.6 Å². The first-order valence-corrected chi connectivity index (χ1v) is 10.9. The van der Waals surface area contributed by atoms with Crippen LogP contribution in [0.25, 0.3) is 0 Å². The van der Waals surface area contributed by atoms with Crippen molar-refractivity contribution in [1.29, 1.82) is 0 Å². The molecular formula is C23H37N3O3. The normalized spacial score (nSPS) is 21.3. The van der Waals surface area contributed by atoms with Gasteiger partial charge in [0, 0.05) is 45.8 Å². The summed E-state index contributed by atoms with van der Waals surface area (Å²) in [5.74, 6) is 1.78. The molecule has 1 heterocycles. The first-order valence-electron chi connectivity index (χ1n) is 10.9. The number of aryl methyl sites for hydroxylation is 1. The molecule has 1 atom stereocenters. The number of aliphatic imine (C=N–C) groups is 1. The highest BCUT2D eigenvalue weighted by molar-refractivity contribution is 5.79. The van der Waals surface area contributed by atoms with Crippen LogP contribution in [0, 0.1) is 12.3 Å². The van der Waals surface area contributed by atoms with E-state index in [9.17, 15) is 0 Å². The summed E-state index contributed by atoms with van der Waals surface area (Å²) in [6.45, 7) is 5.99. The lowest BCUT2D eigenvalue weighted by molar-refractivity contribution is 0.138. The Bertz CT molecular complexity index is 665. The molecule has 0 amide bonds. The van der Waals surface area contributed by atoms with Crippen molar-refractivity contribution in [2.24, 2.45) is 10.4 Å². The molecule has 1 saturated carbocycles. The molecule has 3 rings (SSSR count). The van der Waals surface area contributed by atoms with Gasteiger partial charge in [-0.15, -0.1) is 0 Å². The summed E-state index contributed by atoms with van der Waals surface area (Å²) in [6.07, 6.45) is 7.36. The summed E-state index contributed by atoms with van der Waals surface area (Å²) in [7, 11) is 3.61. The zero-order valence-electron chi connectivity index (χ0n) is 18.3. The van der Waals surface area contributed by atoms with E-state index in [1.54, 1.807) is 7.11 Å². The molecule has 6 nitrogen and oxygen atoms in total. The minimum absolute atomic E-state index is 0.149. The highest BCUT2D eigenvalue weighted by atomic mass is 16.5. The Hall–Kier alpha value is -1.79. The second kappa shape index (κ2) is 10.8. The molecular weight excluding hydrogens is 366 g/mol. The maximum atomic E-state index is 6.22. The lowest BCUT2D eigenvalue weighted by Crippen LogP contribution is -2.43. The molecule has 1 unspecified atom stereocenters. The Morgan fingerprint density at radius 1 is 1.28 bits per heavy atom. The van der Waals surface area contributed by atoms with Gasteiger partial charge in [-0.25, -0.2) is 0 Å². The third-order valence-corrected chi connectivity index (χ3v) is 6.21. The first-order chi connectivity index (χ1) is 14.1. The van der Waals surface area contributed by atoms with Gasteiger partial charge in [-0.2, -0.15) is 0 Å². The summed E-state index contributed by atoms with van der Waals surface area (Å²) in [5.41, 5.74) is 2.67. The fourth-order valence-electron chi connectivity index (χ4n) is 4.33. The van der Waals surface area contributed by atoms with E-state index in [0.717, 1.165) is 49.9 Å². The molecule has 1 aliphatic heterocycles. The highest BCUT2D eigenvalue weighted by Gasteiger charge is 2.33. The van der Waals surface area contributed by atoms with Crippen LogP contribution in [0.4, 0.5) is 0 Å². The van der Waals surface area contributed by atoms with E-state index < -0.39 is 0 Å². The molecule has 2 fully saturated rings. The number of nitrogens with zero attached hydrogens (tertiary/aromatic N) is 1. The van der Waals surface area contributed by atoms with Crippen molar-refractivity contribution in [3.63, 3.8) is 0 Å². The molecule has 0 aromatic heterocycles. The summed E-state index contributed by atoms with van der Waals surface area (Å²) in [5, 5.41) is 7.02. The van der Waals surface area contributed by atoms with Crippen LogP contribution < -0.4 is 15.4 Å². The second-order valence-corrected chi connectivity index (χ2v) is 8.44. The predicted molar refractivity (Wildman–Crippen MR) is 117 cm³/mol. The van der Waals surface area contributed by atoms with Crippen molar-refractivity contribution in [3.8, 4) is 5.75 Å². The SMILES string of the molecule is CN=C(NCc1ccc(C)cc1OC1CCOC1)NCC1(CCOC)CCCC1. The molecule has 6 heteroatoms. The quantitative estimate of drug-likeness (QED) is 0.489. The van der Waals surface area contributed by atoms with Crippen molar-refractivity contribution in [2.75, 3.05) is 40.5 Å². The van der Waals surface area contributed by atoms with E-state index in [-0.39, 0.29) is 6.10 Å². The zero-order valence-corrected chi connectivity index (χ0v) is 18.3. The Kier molecular flexibility index (Phi) is 8.19. The Morgan fingerprint density at radius 3 is 2.79 bits per heavy atom. The van der Waals surface area contributed by atoms with Crippen molar-refractivity contribution in [1.82, 2.24) is 10.6 Å². The molecule has 2 aliphatic rings. The molecule has 1 aliphatic carbocycles. The van der Waals surface area contributed by atoms with Gasteiger partial charge in [0.1, 0.15) is 11.9 Å². The van der Waals surface area contributed by atoms with Gasteiger partial charge in [-0.05, 0) is 43.2 Å². The van der Waals surface area contributed by atoms with E-state index in [0.29, 0.717) is 18.6 Å². The van der Waals surface area contributed by atoms with Crippen LogP contribution in [0.1, 0.15) is 49.7 Å². The third kappa shape index (κ3) is 6.34. The summed E-state index contributed by atoms with van der Waals surface area (Å²) in [6, 6.07) is 6.38. The van der Waals surface area contributed by atoms with E-state index in [4.69, 9.17) is 14.2 Å². The van der Waals surface area contributed by atoms with Crippen LogP contribution in [-0.2, 0) is 16.0 Å². The van der Waals surface area contributed by atoms with Crippen LogP contribution in [0.3, 0.4) is 0 Å². The van der Waals surface area contributed by atoms with Gasteiger partial charge < -0.3 is 24.8 Å². The van der Waals surface area contributed by atoms with E-state index >= 15 is 0 Å². The number of benzene rings is 1. The summed E-state index contributed by atoms with van der Waals surface area (Å²) < 4.78 is 17.0. The topological polar surface area (TPSA) is 64.1 Å². The average Bonchev–Trinajstić information content (AvgIpc) is 3.40. The molecule has 1 saturated heterocycles. The van der Waals surface area contributed by atoms with Crippen LogP contribution in [0.2, 0.25) is 0 Å². The van der Waals surface area contributed by atoms with E-state index in [1.165, 1.54) is 31.2 Å². The van der Waals surface area contributed by atoms with Crippen LogP contribution >= 0.6 is 0 Å². The Labute approximate surface area is 175 Å². The average molecular weight is 404 g/mol. The van der Waals surface area contributed by atoms with Crippen molar-refractivity contribution >= 4 is 5.96 Å². The lowest BCUT2D eigenvalue weighted by Gasteiger charge is -2.30. The summed E-state index contributed by atoms with van der Waals surface area (Å²) in [4.78, 5) is 4.43. The fourth-order valence-corrected chi connectivity index (χ4v) is 4.33. The maximum absolute atomic E-state index is 6.22. The molecule has 0 bridgehead atoms. The van der Waals surface area contributed by atoms with Gasteiger partial charge in [-0.1, -0.05) is 25.0 Å². The monoisotopic (exact) mass is 403 g/mol. The number of hydrogen-bond acceptors (Lipinski definition) is 4. The van der Waals surface area contributed by atoms with Gasteiger partial charge in [0.2, 0.25) is 0 Å².